The Labute approximate surface area is 220 Å². The summed E-state index contributed by atoms with van der Waals surface area (Å²) in [5, 5.41) is 12.0. The molecule has 1 heterocycles. The molecule has 0 radical (unpaired) electrons. The third-order valence-corrected chi connectivity index (χ3v) is 5.68. The second-order valence-corrected chi connectivity index (χ2v) is 9.95. The number of amides is 1. The normalized spacial score (nSPS) is 18.1. The Morgan fingerprint density at radius 3 is 1.47 bits per heavy atom. The molecule has 8 heteroatoms. The number of hydrogen-bond donors (Lipinski definition) is 2. The maximum atomic E-state index is 12.6. The van der Waals surface area contributed by atoms with Gasteiger partial charge in [0.2, 0.25) is 5.91 Å². The molecule has 2 N–H and O–H groups in total. The van der Waals surface area contributed by atoms with E-state index in [0.717, 1.165) is 83.1 Å². The molecule has 1 rings (SSSR count). The van der Waals surface area contributed by atoms with Gasteiger partial charge in [0, 0.05) is 72.0 Å². The minimum atomic E-state index is -0.846. The Bertz CT molecular complexity index is 682. The monoisotopic (exact) mass is 507 g/mol. The van der Waals surface area contributed by atoms with Crippen molar-refractivity contribution < 1.29 is 14.7 Å². The van der Waals surface area contributed by atoms with Crippen LogP contribution in [-0.4, -0.2) is 128 Å². The summed E-state index contributed by atoms with van der Waals surface area (Å²) >= 11 is 0. The smallest absolute Gasteiger partial charge is 0.234 e. The molecule has 1 fully saturated rings. The van der Waals surface area contributed by atoms with Gasteiger partial charge in [0.05, 0.1) is 13.2 Å². The molecule has 1 aliphatic rings. The molecule has 0 spiro atoms. The number of Topliss-reactive ketones (excluding diaryl/α,β-unsaturated/α-hetero) is 1. The van der Waals surface area contributed by atoms with Crippen LogP contribution >= 0.6 is 0 Å². The van der Waals surface area contributed by atoms with Crippen LogP contribution in [0.4, 0.5) is 0 Å². The van der Waals surface area contributed by atoms with Gasteiger partial charge >= 0.3 is 0 Å². The third kappa shape index (κ3) is 16.8. The van der Waals surface area contributed by atoms with Crippen molar-refractivity contribution in [2.75, 3.05) is 85.1 Å². The summed E-state index contributed by atoms with van der Waals surface area (Å²) in [6, 6.07) is -0.846. The quantitative estimate of drug-likeness (QED) is 0.414. The Balaban J connectivity index is 0.00000387. The van der Waals surface area contributed by atoms with Crippen molar-refractivity contribution in [3.8, 4) is 0 Å². The van der Waals surface area contributed by atoms with Gasteiger partial charge in [0.15, 0.2) is 5.78 Å². The van der Waals surface area contributed by atoms with Crippen LogP contribution in [0.1, 0.15) is 41.0 Å². The molecule has 0 saturated carbocycles. The zero-order valence-corrected chi connectivity index (χ0v) is 23.7. The fourth-order valence-corrected chi connectivity index (χ4v) is 3.90. The molecule has 0 aromatic rings. The molecule has 1 atom stereocenters. The topological polar surface area (TPSA) is 79.4 Å². The molecular formula is C28H53N5O3. The van der Waals surface area contributed by atoms with Gasteiger partial charge in [-0.3, -0.25) is 29.2 Å². The minimum Gasteiger partial charge on any atom is -0.394 e. The van der Waals surface area contributed by atoms with Gasteiger partial charge in [-0.05, 0) is 20.8 Å². The van der Waals surface area contributed by atoms with Crippen molar-refractivity contribution in [1.82, 2.24) is 24.9 Å². The van der Waals surface area contributed by atoms with Crippen LogP contribution in [0.2, 0.25) is 0 Å². The van der Waals surface area contributed by atoms with Gasteiger partial charge < -0.3 is 10.4 Å². The minimum absolute atomic E-state index is 0.189. The summed E-state index contributed by atoms with van der Waals surface area (Å²) < 4.78 is 0. The first kappa shape index (κ1) is 34.2. The maximum Gasteiger partial charge on any atom is 0.234 e. The van der Waals surface area contributed by atoms with Crippen molar-refractivity contribution in [2.45, 2.75) is 47.1 Å². The molecule has 36 heavy (non-hydrogen) atoms. The van der Waals surface area contributed by atoms with Crippen molar-refractivity contribution >= 4 is 11.7 Å². The van der Waals surface area contributed by atoms with Crippen LogP contribution in [-0.2, 0) is 9.59 Å². The highest BCUT2D eigenvalue weighted by Crippen LogP contribution is 2.05. The first-order valence-corrected chi connectivity index (χ1v) is 13.3. The molecule has 1 aliphatic heterocycles. The summed E-state index contributed by atoms with van der Waals surface area (Å²) in [4.78, 5) is 33.5. The van der Waals surface area contributed by atoms with Gasteiger partial charge in [-0.2, -0.15) is 0 Å². The standard InChI is InChI=1S/C25H45N5O3.C3H8/c1-7-8-27-9-11-28(17-21(2)3)13-14-29(18-22(4)5)15-16-30(12-10-27)19-25(33)26-24(20-31)23(6)32;1-3-2/h7,24,31H,1-2,4,8-20H2,3,5-6H3,(H,26,33);3H2,1-2H3. The number of nitrogens with zero attached hydrogens (tertiary/aromatic N) is 4. The highest BCUT2D eigenvalue weighted by molar-refractivity contribution is 5.88. The average molecular weight is 508 g/mol. The highest BCUT2D eigenvalue weighted by atomic mass is 16.3. The first-order chi connectivity index (χ1) is 17.1. The molecule has 1 unspecified atom stereocenters. The van der Waals surface area contributed by atoms with E-state index in [9.17, 15) is 14.7 Å². The van der Waals surface area contributed by atoms with Gasteiger partial charge in [-0.25, -0.2) is 0 Å². The van der Waals surface area contributed by atoms with Gasteiger partial charge in [-0.1, -0.05) is 50.6 Å². The Kier molecular flexibility index (Phi) is 19.2. The van der Waals surface area contributed by atoms with E-state index in [1.54, 1.807) is 0 Å². The molecule has 0 bridgehead atoms. The van der Waals surface area contributed by atoms with E-state index < -0.39 is 6.04 Å². The molecule has 1 amide bonds. The Morgan fingerprint density at radius 1 is 0.806 bits per heavy atom. The highest BCUT2D eigenvalue weighted by Gasteiger charge is 2.20. The summed E-state index contributed by atoms with van der Waals surface area (Å²) in [5.41, 5.74) is 2.27. The number of carbonyl (C=O) groups excluding carboxylic acids is 2. The molecular weight excluding hydrogens is 454 g/mol. The fraction of sp³-hybridized carbons (Fsp3) is 0.714. The molecule has 1 saturated heterocycles. The maximum absolute atomic E-state index is 12.6. The van der Waals surface area contributed by atoms with Gasteiger partial charge in [0.25, 0.3) is 0 Å². The number of ketones is 1. The fourth-order valence-electron chi connectivity index (χ4n) is 3.90. The van der Waals surface area contributed by atoms with E-state index in [-0.39, 0.29) is 24.8 Å². The molecule has 8 nitrogen and oxygen atoms in total. The number of rotatable bonds is 11. The lowest BCUT2D eigenvalue weighted by Gasteiger charge is -2.34. The van der Waals surface area contributed by atoms with Crippen LogP contribution in [0.5, 0.6) is 0 Å². The van der Waals surface area contributed by atoms with Crippen LogP contribution in [0, 0.1) is 0 Å². The number of aliphatic hydroxyl groups is 1. The van der Waals surface area contributed by atoms with E-state index >= 15 is 0 Å². The Hall–Kier alpha value is -1.84. The molecule has 0 aromatic heterocycles. The first-order valence-electron chi connectivity index (χ1n) is 13.3. The summed E-state index contributed by atoms with van der Waals surface area (Å²) in [6.45, 7) is 30.9. The summed E-state index contributed by atoms with van der Waals surface area (Å²) in [7, 11) is 0. The van der Waals surface area contributed by atoms with Crippen molar-refractivity contribution in [3.05, 3.63) is 37.0 Å². The SMILES string of the molecule is C=CCN1CCN(CC(=C)C)CCN(CC(=C)C)CCN(CC(=O)NC(CO)C(C)=O)CC1.CCC. The van der Waals surface area contributed by atoms with E-state index in [1.165, 1.54) is 13.3 Å². The van der Waals surface area contributed by atoms with Crippen LogP contribution < -0.4 is 5.32 Å². The lowest BCUT2D eigenvalue weighted by Crippen LogP contribution is -2.50. The zero-order chi connectivity index (χ0) is 27.5. The van der Waals surface area contributed by atoms with Crippen molar-refractivity contribution in [2.24, 2.45) is 0 Å². The molecule has 0 aliphatic carbocycles. The molecule has 0 aromatic carbocycles. The van der Waals surface area contributed by atoms with Gasteiger partial charge in [0.1, 0.15) is 6.04 Å². The third-order valence-electron chi connectivity index (χ3n) is 5.68. The van der Waals surface area contributed by atoms with E-state index in [2.05, 4.69) is 65.4 Å². The zero-order valence-electron chi connectivity index (χ0n) is 23.7. The molecule has 208 valence electrons. The second kappa shape index (κ2) is 20.2. The largest absolute Gasteiger partial charge is 0.394 e. The van der Waals surface area contributed by atoms with E-state index in [0.29, 0.717) is 0 Å². The number of aliphatic hydroxyl groups excluding tert-OH is 1. The van der Waals surface area contributed by atoms with Crippen molar-refractivity contribution in [3.63, 3.8) is 0 Å². The number of carbonyl (C=O) groups is 2. The average Bonchev–Trinajstić information content (AvgIpc) is 2.78. The number of nitrogens with one attached hydrogen (secondary N) is 1. The lowest BCUT2D eigenvalue weighted by atomic mass is 10.2. The van der Waals surface area contributed by atoms with Crippen LogP contribution in [0.25, 0.3) is 0 Å². The van der Waals surface area contributed by atoms with Gasteiger partial charge in [-0.15, -0.1) is 6.58 Å². The van der Waals surface area contributed by atoms with Crippen LogP contribution in [0.3, 0.4) is 0 Å². The second-order valence-electron chi connectivity index (χ2n) is 9.95. The Morgan fingerprint density at radius 2 is 1.17 bits per heavy atom. The predicted molar refractivity (Wildman–Crippen MR) is 151 cm³/mol. The lowest BCUT2D eigenvalue weighted by molar-refractivity contribution is -0.128. The summed E-state index contributed by atoms with van der Waals surface area (Å²) in [6.07, 6.45) is 3.17. The van der Waals surface area contributed by atoms with E-state index in [1.807, 2.05) is 13.0 Å². The van der Waals surface area contributed by atoms with Crippen molar-refractivity contribution in [1.29, 1.82) is 0 Å². The summed E-state index contributed by atoms with van der Waals surface area (Å²) in [5.74, 6) is -0.491. The van der Waals surface area contributed by atoms with E-state index in [4.69, 9.17) is 0 Å². The van der Waals surface area contributed by atoms with Crippen LogP contribution in [0.15, 0.2) is 37.0 Å². The number of hydrogen-bond acceptors (Lipinski definition) is 7. The predicted octanol–water partition coefficient (Wildman–Crippen LogP) is 2.03.